The molecule has 4 aromatic rings. The zero-order valence-electron chi connectivity index (χ0n) is 19.7. The fourth-order valence-electron chi connectivity index (χ4n) is 4.96. The Morgan fingerprint density at radius 3 is 2.50 bits per heavy atom. The maximum Gasteiger partial charge on any atom is 0.254 e. The molecule has 2 aliphatic rings. The monoisotopic (exact) mass is 479 g/mol. The van der Waals surface area contributed by atoms with Crippen molar-refractivity contribution in [3.63, 3.8) is 0 Å². The number of para-hydroxylation sites is 1. The minimum Gasteiger partial charge on any atom is -0.486 e. The number of rotatable bonds is 4. The molecule has 4 heterocycles. The molecule has 2 aromatic heterocycles. The normalized spacial score (nSPS) is 15.6. The molecule has 6 rings (SSSR count). The van der Waals surface area contributed by atoms with E-state index in [1.165, 1.54) is 0 Å². The van der Waals surface area contributed by atoms with Crippen molar-refractivity contribution in [3.05, 3.63) is 84.2 Å². The van der Waals surface area contributed by atoms with Crippen molar-refractivity contribution in [2.24, 2.45) is 5.92 Å². The van der Waals surface area contributed by atoms with E-state index in [4.69, 9.17) is 14.5 Å². The third-order valence-corrected chi connectivity index (χ3v) is 6.88. The maximum atomic E-state index is 13.7. The molecule has 36 heavy (non-hydrogen) atoms. The molecule has 0 unspecified atom stereocenters. The summed E-state index contributed by atoms with van der Waals surface area (Å²) in [5, 5.41) is 0.824. The molecule has 180 valence electrons. The first-order valence-electron chi connectivity index (χ1n) is 12.2. The Morgan fingerprint density at radius 2 is 1.69 bits per heavy atom. The third-order valence-electron chi connectivity index (χ3n) is 6.88. The molecule has 7 nitrogen and oxygen atoms in total. The lowest BCUT2D eigenvalue weighted by Gasteiger charge is -2.32. The number of ether oxygens (including phenoxy) is 2. The van der Waals surface area contributed by atoms with Crippen LogP contribution in [-0.4, -0.2) is 52.9 Å². The van der Waals surface area contributed by atoms with E-state index in [1.807, 2.05) is 47.4 Å². The van der Waals surface area contributed by atoms with E-state index < -0.39 is 0 Å². The van der Waals surface area contributed by atoms with Gasteiger partial charge in [0.15, 0.2) is 17.3 Å². The van der Waals surface area contributed by atoms with E-state index in [-0.39, 0.29) is 17.6 Å². The zero-order valence-corrected chi connectivity index (χ0v) is 19.7. The molecule has 0 N–H and O–H groups in total. The standard InChI is InChI=1S/C29H25N3O4/c33-28(20-7-8-26-27(16-20)36-15-14-35-26)19-9-12-32(13-10-19)29(34)23-17-25(21-4-3-11-30-18-21)31-24-6-2-1-5-22(23)24/h1-8,11,16-19H,9-10,12-15H2. The number of carbonyl (C=O) groups is 2. The number of aromatic nitrogens is 2. The predicted octanol–water partition coefficient (Wildman–Crippen LogP) is 4.80. The summed E-state index contributed by atoms with van der Waals surface area (Å²) < 4.78 is 11.2. The highest BCUT2D eigenvalue weighted by molar-refractivity contribution is 6.07. The summed E-state index contributed by atoms with van der Waals surface area (Å²) in [7, 11) is 0. The van der Waals surface area contributed by atoms with Crippen LogP contribution in [-0.2, 0) is 0 Å². The van der Waals surface area contributed by atoms with Crippen molar-refractivity contribution in [1.29, 1.82) is 0 Å². The van der Waals surface area contributed by atoms with Gasteiger partial charge in [0.2, 0.25) is 0 Å². The van der Waals surface area contributed by atoms with Crippen molar-refractivity contribution >= 4 is 22.6 Å². The van der Waals surface area contributed by atoms with Gasteiger partial charge < -0.3 is 14.4 Å². The van der Waals surface area contributed by atoms with Crippen LogP contribution in [0.3, 0.4) is 0 Å². The number of hydrogen-bond acceptors (Lipinski definition) is 6. The van der Waals surface area contributed by atoms with Crippen LogP contribution >= 0.6 is 0 Å². The lowest BCUT2D eigenvalue weighted by molar-refractivity contribution is 0.0651. The zero-order chi connectivity index (χ0) is 24.5. The molecular formula is C29H25N3O4. The number of likely N-dealkylation sites (tertiary alicyclic amines) is 1. The molecule has 2 aromatic carbocycles. The number of amides is 1. The molecule has 0 spiro atoms. The lowest BCUT2D eigenvalue weighted by Crippen LogP contribution is -2.40. The highest BCUT2D eigenvalue weighted by Crippen LogP contribution is 2.33. The van der Waals surface area contributed by atoms with Crippen LogP contribution in [0, 0.1) is 5.92 Å². The van der Waals surface area contributed by atoms with Crippen molar-refractivity contribution in [1.82, 2.24) is 14.9 Å². The first-order chi connectivity index (χ1) is 17.7. The second-order valence-corrected chi connectivity index (χ2v) is 9.10. The van der Waals surface area contributed by atoms with Crippen LogP contribution in [0.15, 0.2) is 73.1 Å². The number of nitrogens with zero attached hydrogens (tertiary/aromatic N) is 3. The molecule has 0 bridgehead atoms. The number of ketones is 1. The van der Waals surface area contributed by atoms with Gasteiger partial charge in [-0.3, -0.25) is 14.6 Å². The third kappa shape index (κ3) is 4.17. The Bertz CT molecular complexity index is 1450. The summed E-state index contributed by atoms with van der Waals surface area (Å²) in [6, 6.07) is 18.7. The molecular weight excluding hydrogens is 454 g/mol. The predicted molar refractivity (Wildman–Crippen MR) is 135 cm³/mol. The minimum atomic E-state index is -0.128. The van der Waals surface area contributed by atoms with Crippen LogP contribution in [0.25, 0.3) is 22.2 Å². The molecule has 1 saturated heterocycles. The summed E-state index contributed by atoms with van der Waals surface area (Å²) in [6.45, 7) is 2.05. The number of Topliss-reactive ketones (excluding diaryl/α,β-unsaturated/α-hetero) is 1. The average Bonchev–Trinajstić information content (AvgIpc) is 2.96. The molecule has 0 aliphatic carbocycles. The molecule has 1 amide bonds. The summed E-state index contributed by atoms with van der Waals surface area (Å²) in [5.74, 6) is 1.22. The Hall–Kier alpha value is -4.26. The number of pyridine rings is 2. The molecule has 7 heteroatoms. The highest BCUT2D eigenvalue weighted by atomic mass is 16.6. The number of benzene rings is 2. The van der Waals surface area contributed by atoms with Crippen molar-refractivity contribution in [2.75, 3.05) is 26.3 Å². The van der Waals surface area contributed by atoms with E-state index in [9.17, 15) is 9.59 Å². The number of carbonyl (C=O) groups excluding carboxylic acids is 2. The Kier molecular flexibility index (Phi) is 5.81. The summed E-state index contributed by atoms with van der Waals surface area (Å²) >= 11 is 0. The summed E-state index contributed by atoms with van der Waals surface area (Å²) in [6.07, 6.45) is 4.71. The SMILES string of the molecule is O=C(c1ccc2c(c1)OCCO2)C1CCN(C(=O)c2cc(-c3cccnc3)nc3ccccc23)CC1. The van der Waals surface area contributed by atoms with Crippen LogP contribution in [0.1, 0.15) is 33.6 Å². The molecule has 2 aliphatic heterocycles. The minimum absolute atomic E-state index is 0.0380. The maximum absolute atomic E-state index is 13.7. The summed E-state index contributed by atoms with van der Waals surface area (Å²) in [4.78, 5) is 37.7. The van der Waals surface area contributed by atoms with Crippen LogP contribution in [0.2, 0.25) is 0 Å². The molecule has 0 saturated carbocycles. The van der Waals surface area contributed by atoms with Gasteiger partial charge in [0.05, 0.1) is 16.8 Å². The van der Waals surface area contributed by atoms with Gasteiger partial charge in [-0.1, -0.05) is 18.2 Å². The van der Waals surface area contributed by atoms with E-state index in [1.54, 1.807) is 30.6 Å². The van der Waals surface area contributed by atoms with Crippen LogP contribution < -0.4 is 9.47 Å². The molecule has 1 fully saturated rings. The van der Waals surface area contributed by atoms with Gasteiger partial charge in [0.25, 0.3) is 5.91 Å². The van der Waals surface area contributed by atoms with Crippen molar-refractivity contribution in [2.45, 2.75) is 12.8 Å². The van der Waals surface area contributed by atoms with Gasteiger partial charge >= 0.3 is 0 Å². The first kappa shape index (κ1) is 22.2. The Morgan fingerprint density at radius 1 is 0.889 bits per heavy atom. The number of fused-ring (bicyclic) bond motifs is 2. The van der Waals surface area contributed by atoms with Gasteiger partial charge in [-0.2, -0.15) is 0 Å². The van der Waals surface area contributed by atoms with Crippen molar-refractivity contribution < 1.29 is 19.1 Å². The Balaban J connectivity index is 1.21. The first-order valence-corrected chi connectivity index (χ1v) is 12.2. The second-order valence-electron chi connectivity index (χ2n) is 9.10. The Labute approximate surface area is 208 Å². The topological polar surface area (TPSA) is 81.6 Å². The van der Waals surface area contributed by atoms with E-state index in [0.717, 1.165) is 16.5 Å². The van der Waals surface area contributed by atoms with Crippen molar-refractivity contribution in [3.8, 4) is 22.8 Å². The number of hydrogen-bond donors (Lipinski definition) is 0. The largest absolute Gasteiger partial charge is 0.486 e. The van der Waals surface area contributed by atoms with Gasteiger partial charge in [0.1, 0.15) is 13.2 Å². The average molecular weight is 480 g/mol. The quantitative estimate of drug-likeness (QED) is 0.391. The van der Waals surface area contributed by atoms with Crippen LogP contribution in [0.5, 0.6) is 11.5 Å². The highest BCUT2D eigenvalue weighted by Gasteiger charge is 2.30. The smallest absolute Gasteiger partial charge is 0.254 e. The van der Waals surface area contributed by atoms with E-state index >= 15 is 0 Å². The molecule has 0 radical (unpaired) electrons. The summed E-state index contributed by atoms with van der Waals surface area (Å²) in [5.41, 5.74) is 3.60. The van der Waals surface area contributed by atoms with Gasteiger partial charge in [-0.15, -0.1) is 0 Å². The number of piperidine rings is 1. The van der Waals surface area contributed by atoms with Gasteiger partial charge in [0, 0.05) is 47.9 Å². The van der Waals surface area contributed by atoms with E-state index in [0.29, 0.717) is 67.5 Å². The second kappa shape index (κ2) is 9.41. The van der Waals surface area contributed by atoms with Gasteiger partial charge in [-0.25, -0.2) is 4.98 Å². The van der Waals surface area contributed by atoms with Crippen LogP contribution in [0.4, 0.5) is 0 Å². The fraction of sp³-hybridized carbons (Fsp3) is 0.241. The van der Waals surface area contributed by atoms with E-state index in [2.05, 4.69) is 4.98 Å². The fourth-order valence-corrected chi connectivity index (χ4v) is 4.96. The molecule has 0 atom stereocenters. The lowest BCUT2D eigenvalue weighted by atomic mass is 9.88. The van der Waals surface area contributed by atoms with Gasteiger partial charge in [-0.05, 0) is 55.3 Å².